The van der Waals surface area contributed by atoms with Crippen LogP contribution in [0.4, 0.5) is 31.1 Å². The molecular weight excluding hydrogens is 460 g/mol. The highest BCUT2D eigenvalue weighted by Crippen LogP contribution is 2.38. The van der Waals surface area contributed by atoms with E-state index in [1.54, 1.807) is 4.90 Å². The van der Waals surface area contributed by atoms with Gasteiger partial charge in [0.05, 0.1) is 17.2 Å². The maximum Gasteiger partial charge on any atom is 0.416 e. The van der Waals surface area contributed by atoms with Crippen LogP contribution < -0.4 is 0 Å². The van der Waals surface area contributed by atoms with E-state index in [9.17, 15) is 31.1 Å². The van der Waals surface area contributed by atoms with Gasteiger partial charge >= 0.3 is 18.4 Å². The second kappa shape index (κ2) is 10.7. The van der Waals surface area contributed by atoms with Crippen LogP contribution in [-0.4, -0.2) is 60.0 Å². The molecule has 0 saturated carbocycles. The number of rotatable bonds is 6. The van der Waals surface area contributed by atoms with E-state index < -0.39 is 35.6 Å². The van der Waals surface area contributed by atoms with Gasteiger partial charge in [-0.15, -0.1) is 0 Å². The second-order valence-electron chi connectivity index (χ2n) is 9.54. The van der Waals surface area contributed by atoms with Gasteiger partial charge in [-0.2, -0.15) is 26.3 Å². The summed E-state index contributed by atoms with van der Waals surface area (Å²) in [5.41, 5.74) is -2.98. The van der Waals surface area contributed by atoms with Crippen molar-refractivity contribution < 1.29 is 31.1 Å². The standard InChI is InChI=1S/C24H35F6N3O/c1-7-15(2)31(5)14-18-8-9-33(16(3)10-18)22(34)32(6)17(4)19-11-20(23(25,26)27)13-21(12-19)24(28,29)30/h11-13,15-18H,7-10,14H2,1-6H3/t15?,16-,17+,18-/m0/s1. The first-order valence-electron chi connectivity index (χ1n) is 11.6. The first kappa shape index (κ1) is 28.3. The van der Waals surface area contributed by atoms with Crippen molar-refractivity contribution in [3.05, 3.63) is 34.9 Å². The first-order valence-corrected chi connectivity index (χ1v) is 11.6. The summed E-state index contributed by atoms with van der Waals surface area (Å²) < 4.78 is 79.4. The number of piperidine rings is 1. The molecule has 4 atom stereocenters. The predicted octanol–water partition coefficient (Wildman–Crippen LogP) is 6.67. The zero-order valence-corrected chi connectivity index (χ0v) is 20.6. The maximum absolute atomic E-state index is 13.2. The molecule has 0 spiro atoms. The number of hydrogen-bond acceptors (Lipinski definition) is 2. The van der Waals surface area contributed by atoms with Gasteiger partial charge in [-0.25, -0.2) is 4.79 Å². The number of hydrogen-bond donors (Lipinski definition) is 0. The minimum absolute atomic E-state index is 0.0847. The Morgan fingerprint density at radius 1 is 1.06 bits per heavy atom. The fourth-order valence-corrected chi connectivity index (χ4v) is 4.43. The third-order valence-corrected chi connectivity index (χ3v) is 7.09. The summed E-state index contributed by atoms with van der Waals surface area (Å²) in [5.74, 6) is 0.415. The molecule has 1 heterocycles. The SMILES string of the molecule is CCC(C)N(C)C[C@H]1CCN(C(=O)N(C)[C@H](C)c2cc(C(F)(F)F)cc(C(F)(F)F)c2)[C@@H](C)C1. The number of carbonyl (C=O) groups is 1. The predicted molar refractivity (Wildman–Crippen MR) is 119 cm³/mol. The molecule has 2 rings (SSSR count). The van der Waals surface area contributed by atoms with Crippen LogP contribution in [0.25, 0.3) is 0 Å². The van der Waals surface area contributed by atoms with Gasteiger partial charge in [0.1, 0.15) is 0 Å². The molecule has 0 aromatic heterocycles. The number of carbonyl (C=O) groups excluding carboxylic acids is 1. The topological polar surface area (TPSA) is 26.8 Å². The van der Waals surface area contributed by atoms with E-state index in [2.05, 4.69) is 25.8 Å². The van der Waals surface area contributed by atoms with Gasteiger partial charge in [0.15, 0.2) is 0 Å². The average molecular weight is 496 g/mol. The van der Waals surface area contributed by atoms with E-state index >= 15 is 0 Å². The Bertz CT molecular complexity index is 809. The Morgan fingerprint density at radius 3 is 2.03 bits per heavy atom. The molecule has 1 saturated heterocycles. The lowest BCUT2D eigenvalue weighted by Crippen LogP contribution is -2.51. The highest BCUT2D eigenvalue weighted by atomic mass is 19.4. The zero-order chi connectivity index (χ0) is 26.0. The van der Waals surface area contributed by atoms with Gasteiger partial charge in [0.25, 0.3) is 0 Å². The summed E-state index contributed by atoms with van der Waals surface area (Å²) in [4.78, 5) is 18.3. The van der Waals surface area contributed by atoms with Crippen molar-refractivity contribution in [1.29, 1.82) is 0 Å². The Kier molecular flexibility index (Phi) is 8.93. The number of benzene rings is 1. The van der Waals surface area contributed by atoms with Crippen LogP contribution in [0.2, 0.25) is 0 Å². The fourth-order valence-electron chi connectivity index (χ4n) is 4.43. The van der Waals surface area contributed by atoms with E-state index in [1.165, 1.54) is 18.9 Å². The molecule has 0 aliphatic carbocycles. The van der Waals surface area contributed by atoms with Crippen LogP contribution in [0.5, 0.6) is 0 Å². The average Bonchev–Trinajstić information content (AvgIpc) is 2.75. The summed E-state index contributed by atoms with van der Waals surface area (Å²) in [5, 5.41) is 0. The van der Waals surface area contributed by atoms with Crippen LogP contribution in [-0.2, 0) is 12.4 Å². The number of alkyl halides is 6. The van der Waals surface area contributed by atoms with Crippen molar-refractivity contribution >= 4 is 6.03 Å². The highest BCUT2D eigenvalue weighted by molar-refractivity contribution is 5.75. The molecule has 194 valence electrons. The van der Waals surface area contributed by atoms with Crippen LogP contribution in [0.1, 0.15) is 69.7 Å². The largest absolute Gasteiger partial charge is 0.416 e. The minimum atomic E-state index is -4.93. The highest BCUT2D eigenvalue weighted by Gasteiger charge is 2.38. The second-order valence-corrected chi connectivity index (χ2v) is 9.54. The molecular formula is C24H35F6N3O. The van der Waals surface area contributed by atoms with E-state index in [4.69, 9.17) is 0 Å². The zero-order valence-electron chi connectivity index (χ0n) is 20.6. The Hall–Kier alpha value is -1.97. The lowest BCUT2D eigenvalue weighted by atomic mass is 9.91. The van der Waals surface area contributed by atoms with Crippen molar-refractivity contribution in [2.45, 2.75) is 77.4 Å². The Morgan fingerprint density at radius 2 is 1.59 bits per heavy atom. The smallest absolute Gasteiger partial charge is 0.322 e. The third kappa shape index (κ3) is 6.79. The van der Waals surface area contributed by atoms with E-state index in [1.807, 2.05) is 6.92 Å². The van der Waals surface area contributed by atoms with Crippen molar-refractivity contribution in [3.8, 4) is 0 Å². The number of halogens is 6. The van der Waals surface area contributed by atoms with Crippen LogP contribution in [0.15, 0.2) is 18.2 Å². The molecule has 34 heavy (non-hydrogen) atoms. The van der Waals surface area contributed by atoms with Crippen LogP contribution >= 0.6 is 0 Å². The number of likely N-dealkylation sites (tertiary alicyclic amines) is 1. The van der Waals surface area contributed by atoms with Crippen LogP contribution in [0.3, 0.4) is 0 Å². The Labute approximate surface area is 197 Å². The van der Waals surface area contributed by atoms with Gasteiger partial charge in [0.2, 0.25) is 0 Å². The molecule has 10 heteroatoms. The van der Waals surface area contributed by atoms with Crippen molar-refractivity contribution in [2.75, 3.05) is 27.2 Å². The molecule has 1 aliphatic rings. The van der Waals surface area contributed by atoms with Crippen molar-refractivity contribution in [2.24, 2.45) is 5.92 Å². The van der Waals surface area contributed by atoms with Crippen molar-refractivity contribution in [3.63, 3.8) is 0 Å². The van der Waals surface area contributed by atoms with Gasteiger partial charge < -0.3 is 14.7 Å². The molecule has 0 bridgehead atoms. The summed E-state index contributed by atoms with van der Waals surface area (Å²) in [7, 11) is 3.49. The summed E-state index contributed by atoms with van der Waals surface area (Å²) in [6.07, 6.45) is -7.25. The lowest BCUT2D eigenvalue weighted by Gasteiger charge is -2.42. The van der Waals surface area contributed by atoms with Gasteiger partial charge in [-0.3, -0.25) is 0 Å². The third-order valence-electron chi connectivity index (χ3n) is 7.09. The summed E-state index contributed by atoms with van der Waals surface area (Å²) in [6.45, 7) is 9.06. The summed E-state index contributed by atoms with van der Waals surface area (Å²) >= 11 is 0. The molecule has 1 aromatic carbocycles. The molecule has 2 amide bonds. The summed E-state index contributed by atoms with van der Waals surface area (Å²) in [6, 6.07) is 0.460. The first-order chi connectivity index (χ1) is 15.6. The van der Waals surface area contributed by atoms with Gasteiger partial charge in [-0.1, -0.05) is 6.92 Å². The number of urea groups is 1. The van der Waals surface area contributed by atoms with E-state index in [0.29, 0.717) is 30.6 Å². The monoisotopic (exact) mass is 495 g/mol. The number of nitrogens with zero attached hydrogens (tertiary/aromatic N) is 3. The fraction of sp³-hybridized carbons (Fsp3) is 0.708. The molecule has 1 unspecified atom stereocenters. The number of amides is 2. The molecule has 0 radical (unpaired) electrons. The molecule has 0 N–H and O–H groups in total. The van der Waals surface area contributed by atoms with Gasteiger partial charge in [-0.05, 0) is 76.8 Å². The quantitative estimate of drug-likeness (QED) is 0.412. The Balaban J connectivity index is 2.17. The molecule has 1 aliphatic heterocycles. The van der Waals surface area contributed by atoms with Crippen molar-refractivity contribution in [1.82, 2.24) is 14.7 Å². The molecule has 1 fully saturated rings. The van der Waals surface area contributed by atoms with E-state index in [-0.39, 0.29) is 17.7 Å². The van der Waals surface area contributed by atoms with Crippen LogP contribution in [0, 0.1) is 5.92 Å². The maximum atomic E-state index is 13.2. The minimum Gasteiger partial charge on any atom is -0.322 e. The molecule has 1 aromatic rings. The normalized spacial score (nSPS) is 21.5. The van der Waals surface area contributed by atoms with Gasteiger partial charge in [0, 0.05) is 32.2 Å². The molecule has 4 nitrogen and oxygen atoms in total. The van der Waals surface area contributed by atoms with E-state index in [0.717, 1.165) is 25.8 Å². The lowest BCUT2D eigenvalue weighted by molar-refractivity contribution is -0.143.